The zero-order chi connectivity index (χ0) is 23.4. The third kappa shape index (κ3) is 4.75. The van der Waals surface area contributed by atoms with E-state index in [1.165, 1.54) is 30.3 Å². The van der Waals surface area contributed by atoms with E-state index in [1.807, 2.05) is 6.92 Å². The van der Waals surface area contributed by atoms with Crippen LogP contribution in [0.4, 0.5) is 11.4 Å². The number of carbonyl (C=O) groups excluding carboxylic acids is 4. The summed E-state index contributed by atoms with van der Waals surface area (Å²) in [7, 11) is 0. The number of amides is 3. The molecule has 2 aromatic carbocycles. The van der Waals surface area contributed by atoms with Crippen molar-refractivity contribution in [1.29, 1.82) is 0 Å². The Morgan fingerprint density at radius 2 is 1.84 bits per heavy atom. The molecule has 0 aliphatic carbocycles. The number of nitrogens with zero attached hydrogens (tertiary/aromatic N) is 2. The Morgan fingerprint density at radius 3 is 2.53 bits per heavy atom. The molecular formula is C21H18ClN3O7. The van der Waals surface area contributed by atoms with Gasteiger partial charge in [0.1, 0.15) is 0 Å². The lowest BCUT2D eigenvalue weighted by molar-refractivity contribution is -0.384. The van der Waals surface area contributed by atoms with Gasteiger partial charge in [-0.05, 0) is 30.7 Å². The molecule has 0 unspecified atom stereocenters. The molecule has 0 fully saturated rings. The lowest BCUT2D eigenvalue weighted by Gasteiger charge is -2.12. The minimum Gasteiger partial charge on any atom is -0.452 e. The number of benzene rings is 2. The number of rotatable bonds is 8. The Labute approximate surface area is 187 Å². The fraction of sp³-hybridized carbons (Fsp3) is 0.238. The lowest BCUT2D eigenvalue weighted by Crippen LogP contribution is -2.30. The van der Waals surface area contributed by atoms with E-state index in [0.717, 1.165) is 17.4 Å². The number of nitrogens with one attached hydrogen (secondary N) is 1. The fourth-order valence-corrected chi connectivity index (χ4v) is 3.23. The third-order valence-corrected chi connectivity index (χ3v) is 5.04. The minimum atomic E-state index is -0.875. The standard InChI is InChI=1S/C21H18ClN3O7/c1-2-3-8-24-19(27)14-6-4-12(9-15(14)20(24)28)21(29)32-11-18(26)23-17-10-13(25(30)31)5-7-16(17)22/h4-7,9-10H,2-3,8,11H2,1H3,(H,23,26). The van der Waals surface area contributed by atoms with Crippen LogP contribution in [0.5, 0.6) is 0 Å². The summed E-state index contributed by atoms with van der Waals surface area (Å²) in [6.45, 7) is 1.54. The average molecular weight is 460 g/mol. The molecule has 0 saturated heterocycles. The first-order valence-electron chi connectivity index (χ1n) is 9.64. The van der Waals surface area contributed by atoms with E-state index < -0.39 is 35.2 Å². The normalized spacial score (nSPS) is 12.5. The topological polar surface area (TPSA) is 136 Å². The van der Waals surface area contributed by atoms with E-state index in [0.29, 0.717) is 13.0 Å². The van der Waals surface area contributed by atoms with Gasteiger partial charge in [-0.15, -0.1) is 0 Å². The molecule has 1 N–H and O–H groups in total. The van der Waals surface area contributed by atoms with Gasteiger partial charge in [-0.3, -0.25) is 29.4 Å². The first-order chi connectivity index (χ1) is 15.2. The second kappa shape index (κ2) is 9.56. The number of imide groups is 1. The minimum absolute atomic E-state index is 0.00317. The zero-order valence-electron chi connectivity index (χ0n) is 16.9. The van der Waals surface area contributed by atoms with Crippen molar-refractivity contribution in [3.8, 4) is 0 Å². The van der Waals surface area contributed by atoms with Gasteiger partial charge in [-0.1, -0.05) is 24.9 Å². The first-order valence-corrected chi connectivity index (χ1v) is 10.0. The Hall–Kier alpha value is -3.79. The van der Waals surface area contributed by atoms with Gasteiger partial charge in [0.05, 0.1) is 32.3 Å². The highest BCUT2D eigenvalue weighted by molar-refractivity contribution is 6.33. The van der Waals surface area contributed by atoms with Gasteiger partial charge in [0.15, 0.2) is 6.61 Å². The number of fused-ring (bicyclic) bond motifs is 1. The van der Waals surface area contributed by atoms with Gasteiger partial charge in [-0.25, -0.2) is 4.79 Å². The average Bonchev–Trinajstić information content (AvgIpc) is 3.01. The van der Waals surface area contributed by atoms with Gasteiger partial charge in [0.25, 0.3) is 23.4 Å². The van der Waals surface area contributed by atoms with Crippen LogP contribution in [0.3, 0.4) is 0 Å². The molecule has 32 heavy (non-hydrogen) atoms. The summed E-state index contributed by atoms with van der Waals surface area (Å²) in [5, 5.41) is 13.3. The SMILES string of the molecule is CCCCN1C(=O)c2ccc(C(=O)OCC(=O)Nc3cc([N+](=O)[O-])ccc3Cl)cc2C1=O. The van der Waals surface area contributed by atoms with Crippen LogP contribution in [0.15, 0.2) is 36.4 Å². The van der Waals surface area contributed by atoms with Crippen molar-refractivity contribution in [3.63, 3.8) is 0 Å². The van der Waals surface area contributed by atoms with Gasteiger partial charge in [-0.2, -0.15) is 0 Å². The largest absolute Gasteiger partial charge is 0.452 e. The van der Waals surface area contributed by atoms with E-state index in [2.05, 4.69) is 5.32 Å². The summed E-state index contributed by atoms with van der Waals surface area (Å²) >= 11 is 5.92. The molecule has 10 nitrogen and oxygen atoms in total. The van der Waals surface area contributed by atoms with Gasteiger partial charge in [0, 0.05) is 18.7 Å². The summed E-state index contributed by atoms with van der Waals surface area (Å²) in [6.07, 6.45) is 1.48. The van der Waals surface area contributed by atoms with Crippen molar-refractivity contribution in [2.24, 2.45) is 0 Å². The second-order valence-electron chi connectivity index (χ2n) is 6.92. The Balaban J connectivity index is 1.64. The number of carbonyl (C=O) groups is 4. The van der Waals surface area contributed by atoms with Crippen LogP contribution >= 0.6 is 11.6 Å². The molecule has 0 radical (unpaired) electrons. The summed E-state index contributed by atoms with van der Waals surface area (Å²) in [5.41, 5.74) is 0.0419. The van der Waals surface area contributed by atoms with E-state index in [9.17, 15) is 29.3 Å². The highest BCUT2D eigenvalue weighted by atomic mass is 35.5. The van der Waals surface area contributed by atoms with Crippen molar-refractivity contribution in [1.82, 2.24) is 4.90 Å². The monoisotopic (exact) mass is 459 g/mol. The quantitative estimate of drug-likeness (QED) is 0.276. The van der Waals surface area contributed by atoms with Gasteiger partial charge >= 0.3 is 5.97 Å². The number of hydrogen-bond donors (Lipinski definition) is 1. The predicted molar refractivity (Wildman–Crippen MR) is 114 cm³/mol. The molecule has 0 spiro atoms. The van der Waals surface area contributed by atoms with Gasteiger partial charge in [0.2, 0.25) is 0 Å². The molecule has 3 amide bonds. The van der Waals surface area contributed by atoms with E-state index in [1.54, 1.807) is 0 Å². The van der Waals surface area contributed by atoms with Crippen LogP contribution in [0.25, 0.3) is 0 Å². The summed E-state index contributed by atoms with van der Waals surface area (Å²) in [6, 6.07) is 7.50. The summed E-state index contributed by atoms with van der Waals surface area (Å²) in [5.74, 6) is -2.53. The molecule has 3 rings (SSSR count). The third-order valence-electron chi connectivity index (χ3n) is 4.71. The Morgan fingerprint density at radius 1 is 1.12 bits per heavy atom. The van der Waals surface area contributed by atoms with Crippen LogP contribution in [-0.2, 0) is 9.53 Å². The molecule has 1 aliphatic rings. The van der Waals surface area contributed by atoms with Crippen molar-refractivity contribution in [3.05, 3.63) is 68.2 Å². The van der Waals surface area contributed by atoms with Crippen molar-refractivity contribution in [2.45, 2.75) is 19.8 Å². The van der Waals surface area contributed by atoms with Crippen LogP contribution in [0, 0.1) is 10.1 Å². The molecule has 0 bridgehead atoms. The number of non-ortho nitro benzene ring substituents is 1. The number of esters is 1. The Bertz CT molecular complexity index is 1130. The number of anilines is 1. The second-order valence-corrected chi connectivity index (χ2v) is 7.33. The van der Waals surface area contributed by atoms with Crippen molar-refractivity contribution in [2.75, 3.05) is 18.5 Å². The van der Waals surface area contributed by atoms with E-state index in [-0.39, 0.29) is 33.1 Å². The molecule has 11 heteroatoms. The molecule has 0 aromatic heterocycles. The number of nitro benzene ring substituents is 1. The zero-order valence-corrected chi connectivity index (χ0v) is 17.7. The molecule has 0 atom stereocenters. The number of hydrogen-bond acceptors (Lipinski definition) is 7. The highest BCUT2D eigenvalue weighted by Gasteiger charge is 2.35. The molecule has 2 aromatic rings. The van der Waals surface area contributed by atoms with Crippen LogP contribution in [-0.4, -0.2) is 46.7 Å². The molecule has 166 valence electrons. The molecule has 1 aliphatic heterocycles. The maximum Gasteiger partial charge on any atom is 0.338 e. The molecule has 1 heterocycles. The lowest BCUT2D eigenvalue weighted by atomic mass is 10.1. The number of nitro groups is 1. The fourth-order valence-electron chi connectivity index (χ4n) is 3.06. The van der Waals surface area contributed by atoms with Crippen molar-refractivity contribution < 1.29 is 28.8 Å². The van der Waals surface area contributed by atoms with Crippen molar-refractivity contribution >= 4 is 46.7 Å². The summed E-state index contributed by atoms with van der Waals surface area (Å²) < 4.78 is 4.96. The maximum atomic E-state index is 12.5. The van der Waals surface area contributed by atoms with Crippen LogP contribution < -0.4 is 5.32 Å². The first kappa shape index (κ1) is 22.9. The Kier molecular flexibility index (Phi) is 6.84. The summed E-state index contributed by atoms with van der Waals surface area (Å²) in [4.78, 5) is 60.6. The number of ether oxygens (including phenoxy) is 1. The van der Waals surface area contributed by atoms with Crippen LogP contribution in [0.1, 0.15) is 50.8 Å². The number of unbranched alkanes of at least 4 members (excludes halogenated alkanes) is 1. The highest BCUT2D eigenvalue weighted by Crippen LogP contribution is 2.27. The van der Waals surface area contributed by atoms with Crippen LogP contribution in [0.2, 0.25) is 5.02 Å². The number of halogens is 1. The molecular weight excluding hydrogens is 442 g/mol. The van der Waals surface area contributed by atoms with Gasteiger partial charge < -0.3 is 10.1 Å². The van der Waals surface area contributed by atoms with E-state index in [4.69, 9.17) is 16.3 Å². The molecule has 0 saturated carbocycles. The van der Waals surface area contributed by atoms with E-state index >= 15 is 0 Å². The maximum absolute atomic E-state index is 12.5. The predicted octanol–water partition coefficient (Wildman–Crippen LogP) is 3.44. The smallest absolute Gasteiger partial charge is 0.338 e.